The van der Waals surface area contributed by atoms with Crippen LogP contribution in [-0.2, 0) is 19.4 Å². The minimum absolute atomic E-state index is 0.187. The summed E-state index contributed by atoms with van der Waals surface area (Å²) in [6, 6.07) is 11.7. The number of hydrogen-bond donors (Lipinski definition) is 1. The zero-order chi connectivity index (χ0) is 17.1. The third-order valence-corrected chi connectivity index (χ3v) is 4.54. The van der Waals surface area contributed by atoms with Gasteiger partial charge in [0.2, 0.25) is 0 Å². The van der Waals surface area contributed by atoms with E-state index < -0.39 is 0 Å². The zero-order valence-electron chi connectivity index (χ0n) is 14.0. The number of nitrogens with one attached hydrogen (secondary N) is 1. The molecule has 0 unspecified atom stereocenters. The second-order valence-corrected chi connectivity index (χ2v) is 6.29. The van der Waals surface area contributed by atoms with Gasteiger partial charge >= 0.3 is 0 Å². The molecule has 0 fully saturated rings. The first kappa shape index (κ1) is 15.6. The van der Waals surface area contributed by atoms with E-state index in [4.69, 9.17) is 4.98 Å². The van der Waals surface area contributed by atoms with Crippen molar-refractivity contribution < 1.29 is 4.79 Å². The van der Waals surface area contributed by atoms with Crippen LogP contribution in [0.5, 0.6) is 0 Å². The number of nitrogens with zero attached hydrogens (tertiary/aromatic N) is 3. The van der Waals surface area contributed by atoms with Crippen molar-refractivity contribution in [2.45, 2.75) is 32.2 Å². The van der Waals surface area contributed by atoms with Gasteiger partial charge in [0.15, 0.2) is 0 Å². The highest BCUT2D eigenvalue weighted by molar-refractivity contribution is 5.92. The first-order chi connectivity index (χ1) is 12.3. The minimum Gasteiger partial charge on any atom is -0.345 e. The van der Waals surface area contributed by atoms with Crippen molar-refractivity contribution in [3.8, 4) is 5.69 Å². The molecule has 25 heavy (non-hydrogen) atoms. The smallest absolute Gasteiger partial charge is 0.270 e. The Morgan fingerprint density at radius 2 is 1.96 bits per heavy atom. The van der Waals surface area contributed by atoms with Gasteiger partial charge in [-0.3, -0.25) is 14.8 Å². The molecular weight excluding hydrogens is 312 g/mol. The summed E-state index contributed by atoms with van der Waals surface area (Å²) in [7, 11) is 0. The summed E-state index contributed by atoms with van der Waals surface area (Å²) < 4.78 is 1.95. The summed E-state index contributed by atoms with van der Waals surface area (Å²) in [5.41, 5.74) is 4.75. The maximum atomic E-state index is 12.4. The van der Waals surface area contributed by atoms with Crippen LogP contribution in [0.15, 0.2) is 55.0 Å². The van der Waals surface area contributed by atoms with Crippen LogP contribution in [0.4, 0.5) is 0 Å². The number of aryl methyl sites for hydroxylation is 2. The molecule has 1 aliphatic rings. The molecule has 3 heterocycles. The predicted molar refractivity (Wildman–Crippen MR) is 95.6 cm³/mol. The van der Waals surface area contributed by atoms with Crippen LogP contribution in [-0.4, -0.2) is 20.4 Å². The largest absolute Gasteiger partial charge is 0.345 e. The van der Waals surface area contributed by atoms with Gasteiger partial charge < -0.3 is 9.88 Å². The van der Waals surface area contributed by atoms with Gasteiger partial charge in [0.1, 0.15) is 5.69 Å². The lowest BCUT2D eigenvalue weighted by atomic mass is 9.96. The molecule has 0 bridgehead atoms. The SMILES string of the molecule is O=C(NCc1ccc2c(n1)CCCC2)c1cc(-n2cccc2)ccn1. The Morgan fingerprint density at radius 1 is 1.12 bits per heavy atom. The predicted octanol–water partition coefficient (Wildman–Crippen LogP) is 3.08. The summed E-state index contributed by atoms with van der Waals surface area (Å²) in [6.45, 7) is 0.418. The third-order valence-electron chi connectivity index (χ3n) is 4.54. The van der Waals surface area contributed by atoms with Gasteiger partial charge in [-0.2, -0.15) is 0 Å². The van der Waals surface area contributed by atoms with Crippen LogP contribution in [0.3, 0.4) is 0 Å². The topological polar surface area (TPSA) is 59.8 Å². The van der Waals surface area contributed by atoms with Crippen molar-refractivity contribution in [1.29, 1.82) is 0 Å². The van der Waals surface area contributed by atoms with E-state index in [0.29, 0.717) is 12.2 Å². The Labute approximate surface area is 146 Å². The van der Waals surface area contributed by atoms with Gasteiger partial charge in [-0.1, -0.05) is 6.07 Å². The van der Waals surface area contributed by atoms with Crippen LogP contribution in [0, 0.1) is 0 Å². The molecule has 1 N–H and O–H groups in total. The Morgan fingerprint density at radius 3 is 2.84 bits per heavy atom. The highest BCUT2D eigenvalue weighted by Crippen LogP contribution is 2.19. The van der Waals surface area contributed by atoms with Gasteiger partial charge in [0, 0.05) is 30.0 Å². The van der Waals surface area contributed by atoms with Crippen molar-refractivity contribution in [3.05, 3.63) is 77.6 Å². The first-order valence-corrected chi connectivity index (χ1v) is 8.65. The quantitative estimate of drug-likeness (QED) is 0.799. The molecule has 126 valence electrons. The van der Waals surface area contributed by atoms with Crippen LogP contribution < -0.4 is 5.32 Å². The fourth-order valence-electron chi connectivity index (χ4n) is 3.20. The number of carbonyl (C=O) groups is 1. The highest BCUT2D eigenvalue weighted by atomic mass is 16.1. The molecule has 3 aromatic rings. The lowest BCUT2D eigenvalue weighted by Gasteiger charge is -2.15. The fraction of sp³-hybridized carbons (Fsp3) is 0.250. The van der Waals surface area contributed by atoms with Crippen LogP contribution >= 0.6 is 0 Å². The van der Waals surface area contributed by atoms with Crippen molar-refractivity contribution in [3.63, 3.8) is 0 Å². The first-order valence-electron chi connectivity index (χ1n) is 8.65. The van der Waals surface area contributed by atoms with E-state index >= 15 is 0 Å². The molecule has 0 spiro atoms. The number of carbonyl (C=O) groups excluding carboxylic acids is 1. The Bertz CT molecular complexity index is 886. The van der Waals surface area contributed by atoms with Gasteiger partial charge in [0.25, 0.3) is 5.91 Å². The summed E-state index contributed by atoms with van der Waals surface area (Å²) in [4.78, 5) is 21.3. The van der Waals surface area contributed by atoms with Crippen molar-refractivity contribution in [1.82, 2.24) is 19.9 Å². The van der Waals surface area contributed by atoms with Crippen molar-refractivity contribution in [2.24, 2.45) is 0 Å². The number of rotatable bonds is 4. The summed E-state index contributed by atoms with van der Waals surface area (Å²) in [6.07, 6.45) is 10.1. The average Bonchev–Trinajstić information content (AvgIpc) is 3.21. The third kappa shape index (κ3) is 3.45. The van der Waals surface area contributed by atoms with E-state index in [1.165, 1.54) is 24.1 Å². The second kappa shape index (κ2) is 6.89. The molecule has 0 saturated carbocycles. The molecule has 0 aliphatic heterocycles. The Hall–Kier alpha value is -2.95. The standard InChI is InChI=1S/C20H20N4O/c25-20(19-13-17(9-10-21-19)24-11-3-4-12-24)22-14-16-8-7-15-5-1-2-6-18(15)23-16/h3-4,7-13H,1-2,5-6,14H2,(H,22,25). The van der Waals surface area contributed by atoms with E-state index in [1.807, 2.05) is 41.2 Å². The summed E-state index contributed by atoms with van der Waals surface area (Å²) in [5, 5.41) is 2.92. The number of fused-ring (bicyclic) bond motifs is 1. The fourth-order valence-corrected chi connectivity index (χ4v) is 3.20. The average molecular weight is 332 g/mol. The monoisotopic (exact) mass is 332 g/mol. The van der Waals surface area contributed by atoms with Crippen molar-refractivity contribution in [2.75, 3.05) is 0 Å². The molecule has 0 aromatic carbocycles. The van der Waals surface area contributed by atoms with E-state index in [0.717, 1.165) is 24.2 Å². The molecular formula is C20H20N4O. The number of hydrogen-bond acceptors (Lipinski definition) is 3. The van der Waals surface area contributed by atoms with Gasteiger partial charge in [-0.05, 0) is 61.6 Å². The zero-order valence-corrected chi connectivity index (χ0v) is 14.0. The molecule has 5 heteroatoms. The molecule has 0 radical (unpaired) electrons. The number of aromatic nitrogens is 3. The van der Waals surface area contributed by atoms with Crippen LogP contribution in [0.1, 0.15) is 40.3 Å². The van der Waals surface area contributed by atoms with E-state index in [-0.39, 0.29) is 5.91 Å². The molecule has 0 saturated heterocycles. The maximum absolute atomic E-state index is 12.4. The minimum atomic E-state index is -0.187. The van der Waals surface area contributed by atoms with E-state index in [9.17, 15) is 4.79 Å². The normalized spacial score (nSPS) is 13.3. The lowest BCUT2D eigenvalue weighted by Crippen LogP contribution is -2.24. The summed E-state index contributed by atoms with van der Waals surface area (Å²) in [5.74, 6) is -0.187. The highest BCUT2D eigenvalue weighted by Gasteiger charge is 2.12. The Kier molecular flexibility index (Phi) is 4.29. The van der Waals surface area contributed by atoms with Gasteiger partial charge in [0.05, 0.1) is 12.2 Å². The van der Waals surface area contributed by atoms with Gasteiger partial charge in [-0.15, -0.1) is 0 Å². The number of pyridine rings is 2. The maximum Gasteiger partial charge on any atom is 0.270 e. The molecule has 1 amide bonds. The van der Waals surface area contributed by atoms with Crippen LogP contribution in [0.2, 0.25) is 0 Å². The molecule has 1 aliphatic carbocycles. The molecule has 0 atom stereocenters. The van der Waals surface area contributed by atoms with E-state index in [2.05, 4.69) is 16.4 Å². The van der Waals surface area contributed by atoms with Gasteiger partial charge in [-0.25, -0.2) is 0 Å². The Balaban J connectivity index is 1.45. The summed E-state index contributed by atoms with van der Waals surface area (Å²) >= 11 is 0. The lowest BCUT2D eigenvalue weighted by molar-refractivity contribution is 0.0945. The second-order valence-electron chi connectivity index (χ2n) is 6.29. The van der Waals surface area contributed by atoms with Crippen LogP contribution in [0.25, 0.3) is 5.69 Å². The molecule has 3 aromatic heterocycles. The van der Waals surface area contributed by atoms with Crippen molar-refractivity contribution >= 4 is 5.91 Å². The molecule has 4 rings (SSSR count). The molecule has 5 nitrogen and oxygen atoms in total. The van der Waals surface area contributed by atoms with E-state index in [1.54, 1.807) is 12.3 Å². The number of amides is 1.